The zero-order valence-corrected chi connectivity index (χ0v) is 20.1. The van der Waals surface area contributed by atoms with E-state index in [4.69, 9.17) is 4.74 Å². The van der Waals surface area contributed by atoms with Crippen LogP contribution in [0.5, 0.6) is 5.75 Å². The second-order valence-electron chi connectivity index (χ2n) is 8.78. The molecule has 0 N–H and O–H groups in total. The molecule has 0 atom stereocenters. The Morgan fingerprint density at radius 2 is 1.13 bits per heavy atom. The second kappa shape index (κ2) is 16.8. The summed E-state index contributed by atoms with van der Waals surface area (Å²) in [5, 5.41) is 0. The molecule has 31 heavy (non-hydrogen) atoms. The van der Waals surface area contributed by atoms with E-state index in [9.17, 15) is 0 Å². The minimum atomic E-state index is 0.756. The van der Waals surface area contributed by atoms with Crippen LogP contribution in [0.25, 0.3) is 11.4 Å². The third-order valence-electron chi connectivity index (χ3n) is 5.93. The molecule has 2 rings (SSSR count). The number of hydrogen-bond acceptors (Lipinski definition) is 3. The third-order valence-corrected chi connectivity index (χ3v) is 5.93. The number of rotatable bonds is 18. The number of ether oxygens (including phenoxy) is 1. The summed E-state index contributed by atoms with van der Waals surface area (Å²) in [6.07, 6.45) is 23.4. The van der Waals surface area contributed by atoms with Crippen molar-refractivity contribution in [3.63, 3.8) is 0 Å². The molecule has 0 unspecified atom stereocenters. The molecule has 0 saturated carbocycles. The summed E-state index contributed by atoms with van der Waals surface area (Å²) in [4.78, 5) is 9.00. The van der Waals surface area contributed by atoms with Gasteiger partial charge in [0.2, 0.25) is 0 Å². The first kappa shape index (κ1) is 25.4. The van der Waals surface area contributed by atoms with Crippen molar-refractivity contribution in [2.75, 3.05) is 6.61 Å². The monoisotopic (exact) mass is 424 g/mol. The highest BCUT2D eigenvalue weighted by Crippen LogP contribution is 2.19. The molecule has 0 radical (unpaired) electrons. The largest absolute Gasteiger partial charge is 0.490 e. The molecule has 2 aromatic rings. The van der Waals surface area contributed by atoms with Crippen LogP contribution in [-0.2, 0) is 6.42 Å². The van der Waals surface area contributed by atoms with E-state index in [-0.39, 0.29) is 0 Å². The third kappa shape index (κ3) is 11.3. The number of nitrogens with zero attached hydrogens (tertiary/aromatic N) is 2. The Morgan fingerprint density at radius 1 is 0.613 bits per heavy atom. The fourth-order valence-corrected chi connectivity index (χ4v) is 3.90. The van der Waals surface area contributed by atoms with Gasteiger partial charge in [-0.05, 0) is 24.8 Å². The smallest absolute Gasteiger partial charge is 0.159 e. The van der Waals surface area contributed by atoms with E-state index < -0.39 is 0 Å². The summed E-state index contributed by atoms with van der Waals surface area (Å²) in [5.74, 6) is 1.54. The Kier molecular flexibility index (Phi) is 13.7. The number of benzene rings is 1. The van der Waals surface area contributed by atoms with Gasteiger partial charge in [-0.25, -0.2) is 9.97 Å². The van der Waals surface area contributed by atoms with Crippen molar-refractivity contribution < 1.29 is 4.74 Å². The van der Waals surface area contributed by atoms with Gasteiger partial charge in [0.05, 0.1) is 19.0 Å². The molecule has 0 saturated heterocycles. The van der Waals surface area contributed by atoms with Gasteiger partial charge in [-0.15, -0.1) is 0 Å². The van der Waals surface area contributed by atoms with Crippen molar-refractivity contribution in [2.45, 2.75) is 110 Å². The molecule has 1 aromatic heterocycles. The van der Waals surface area contributed by atoms with Crippen LogP contribution in [0.4, 0.5) is 0 Å². The highest BCUT2D eigenvalue weighted by atomic mass is 16.5. The Labute approximate surface area is 191 Å². The highest BCUT2D eigenvalue weighted by Gasteiger charge is 2.03. The Balaban J connectivity index is 1.58. The van der Waals surface area contributed by atoms with E-state index in [2.05, 4.69) is 48.1 Å². The molecule has 0 aliphatic heterocycles. The van der Waals surface area contributed by atoms with Crippen LogP contribution in [0.15, 0.2) is 36.7 Å². The van der Waals surface area contributed by atoms with Crippen molar-refractivity contribution in [2.24, 2.45) is 0 Å². The Morgan fingerprint density at radius 3 is 1.71 bits per heavy atom. The lowest BCUT2D eigenvalue weighted by Crippen LogP contribution is -1.99. The lowest BCUT2D eigenvalue weighted by molar-refractivity contribution is 0.302. The predicted molar refractivity (Wildman–Crippen MR) is 133 cm³/mol. The minimum absolute atomic E-state index is 0.756. The molecule has 0 aliphatic carbocycles. The molecule has 3 heteroatoms. The fraction of sp³-hybridized carbons (Fsp3) is 0.643. The van der Waals surface area contributed by atoms with Gasteiger partial charge in [0.25, 0.3) is 0 Å². The first-order valence-electron chi connectivity index (χ1n) is 12.9. The zero-order valence-electron chi connectivity index (χ0n) is 20.1. The van der Waals surface area contributed by atoms with Gasteiger partial charge in [-0.1, -0.05) is 115 Å². The van der Waals surface area contributed by atoms with E-state index in [1.165, 1.54) is 89.0 Å². The van der Waals surface area contributed by atoms with Gasteiger partial charge in [0.15, 0.2) is 11.6 Å². The molecule has 0 spiro atoms. The lowest BCUT2D eigenvalue weighted by Gasteiger charge is -2.07. The van der Waals surface area contributed by atoms with Crippen molar-refractivity contribution in [1.29, 1.82) is 0 Å². The fourth-order valence-electron chi connectivity index (χ4n) is 3.90. The molecule has 3 nitrogen and oxygen atoms in total. The van der Waals surface area contributed by atoms with Crippen LogP contribution in [0.3, 0.4) is 0 Å². The molecule has 0 amide bonds. The van der Waals surface area contributed by atoms with Gasteiger partial charge < -0.3 is 4.74 Å². The van der Waals surface area contributed by atoms with Crippen LogP contribution < -0.4 is 4.74 Å². The van der Waals surface area contributed by atoms with Crippen LogP contribution in [0.2, 0.25) is 0 Å². The summed E-state index contributed by atoms with van der Waals surface area (Å²) in [6, 6.07) is 8.68. The van der Waals surface area contributed by atoms with Gasteiger partial charge in [0.1, 0.15) is 0 Å². The highest BCUT2D eigenvalue weighted by molar-refractivity contribution is 5.55. The van der Waals surface area contributed by atoms with E-state index >= 15 is 0 Å². The summed E-state index contributed by atoms with van der Waals surface area (Å²) in [7, 11) is 0. The molecule has 1 heterocycles. The minimum Gasteiger partial charge on any atom is -0.490 e. The lowest BCUT2D eigenvalue weighted by atomic mass is 10.0. The van der Waals surface area contributed by atoms with E-state index in [0.717, 1.165) is 36.6 Å². The van der Waals surface area contributed by atoms with Gasteiger partial charge in [-0.3, -0.25) is 0 Å². The number of aromatic nitrogens is 2. The Hall–Kier alpha value is -1.90. The zero-order chi connectivity index (χ0) is 22.0. The average Bonchev–Trinajstić information content (AvgIpc) is 2.81. The molecular weight excluding hydrogens is 380 g/mol. The van der Waals surface area contributed by atoms with Gasteiger partial charge in [0, 0.05) is 5.56 Å². The molecule has 0 aliphatic rings. The topological polar surface area (TPSA) is 35.0 Å². The summed E-state index contributed by atoms with van der Waals surface area (Å²) < 4.78 is 5.83. The predicted octanol–water partition coefficient (Wildman–Crippen LogP) is 8.57. The maximum Gasteiger partial charge on any atom is 0.159 e. The van der Waals surface area contributed by atoms with Crippen molar-refractivity contribution in [1.82, 2.24) is 9.97 Å². The first-order chi connectivity index (χ1) is 15.3. The van der Waals surface area contributed by atoms with Gasteiger partial charge >= 0.3 is 0 Å². The molecule has 1 aromatic carbocycles. The van der Waals surface area contributed by atoms with Crippen LogP contribution in [-0.4, -0.2) is 16.6 Å². The number of aryl methyl sites for hydroxylation is 1. The number of unbranched alkanes of at least 4 members (excludes halogenated alkanes) is 12. The summed E-state index contributed by atoms with van der Waals surface area (Å²) in [6.45, 7) is 5.28. The molecule has 0 fully saturated rings. The van der Waals surface area contributed by atoms with Crippen molar-refractivity contribution >= 4 is 0 Å². The molecule has 172 valence electrons. The standard InChI is InChI=1S/C28H44N2O/c1-3-5-7-9-10-11-12-13-14-16-22-31-27-23-29-28(30-24-27)26-20-18-25(19-21-26)17-15-8-6-4-2/h18-21,23-24H,3-17,22H2,1-2H3. The van der Waals surface area contributed by atoms with Gasteiger partial charge in [-0.2, -0.15) is 0 Å². The quantitative estimate of drug-likeness (QED) is 0.225. The Bertz CT molecular complexity index is 666. The molecular formula is C28H44N2O. The van der Waals surface area contributed by atoms with E-state index in [1.54, 1.807) is 12.4 Å². The summed E-state index contributed by atoms with van der Waals surface area (Å²) >= 11 is 0. The maximum absolute atomic E-state index is 5.83. The van der Waals surface area contributed by atoms with Crippen molar-refractivity contribution in [3.8, 4) is 17.1 Å². The second-order valence-corrected chi connectivity index (χ2v) is 8.78. The van der Waals surface area contributed by atoms with E-state index in [1.807, 2.05) is 0 Å². The summed E-state index contributed by atoms with van der Waals surface area (Å²) in [5.41, 5.74) is 2.47. The average molecular weight is 425 g/mol. The van der Waals surface area contributed by atoms with Crippen LogP contribution >= 0.6 is 0 Å². The van der Waals surface area contributed by atoms with Crippen molar-refractivity contribution in [3.05, 3.63) is 42.2 Å². The van der Waals surface area contributed by atoms with Crippen LogP contribution in [0, 0.1) is 0 Å². The SMILES string of the molecule is CCCCCCCCCCCCOc1cnc(-c2ccc(CCCCCC)cc2)nc1. The first-order valence-corrected chi connectivity index (χ1v) is 12.9. The number of hydrogen-bond donors (Lipinski definition) is 0. The van der Waals surface area contributed by atoms with E-state index in [0.29, 0.717) is 0 Å². The normalized spacial score (nSPS) is 11.0. The van der Waals surface area contributed by atoms with Crippen LogP contribution in [0.1, 0.15) is 109 Å². The maximum atomic E-state index is 5.83. The molecule has 0 bridgehead atoms.